The van der Waals surface area contributed by atoms with Gasteiger partial charge in [0.2, 0.25) is 0 Å². The summed E-state index contributed by atoms with van der Waals surface area (Å²) in [6.45, 7) is 4.33. The van der Waals surface area contributed by atoms with E-state index in [1.54, 1.807) is 6.92 Å². The molecule has 0 N–H and O–H groups in total. The second-order valence-electron chi connectivity index (χ2n) is 5.25. The number of carbonyl (C=O) groups is 1. The summed E-state index contributed by atoms with van der Waals surface area (Å²) in [5, 5.41) is 4.00. The van der Waals surface area contributed by atoms with Gasteiger partial charge in [0, 0.05) is 12.3 Å². The fourth-order valence-corrected chi connectivity index (χ4v) is 2.72. The maximum Gasteiger partial charge on any atom is 0.356 e. The zero-order chi connectivity index (χ0) is 15.1. The molecule has 0 fully saturated rings. The average molecular weight is 289 g/mol. The molecule has 0 unspecified atom stereocenters. The molecule has 4 nitrogen and oxygen atoms in total. The highest BCUT2D eigenvalue weighted by Crippen LogP contribution is 2.31. The summed E-state index contributed by atoms with van der Waals surface area (Å²) in [6, 6.07) is 10.4. The molecule has 4 heteroatoms. The number of hydrogen-bond donors (Lipinski definition) is 0. The highest BCUT2D eigenvalue weighted by molar-refractivity contribution is 6.36. The molecule has 0 saturated heterocycles. The minimum atomic E-state index is -0.359. The Morgan fingerprint density at radius 1 is 1.38 bits per heavy atom. The quantitative estimate of drug-likeness (QED) is 0.751. The minimum absolute atomic E-state index is 0.0329. The van der Waals surface area contributed by atoms with Crippen LogP contribution in [0.15, 0.2) is 35.5 Å². The van der Waals surface area contributed by atoms with Crippen molar-refractivity contribution in [2.75, 3.05) is 6.61 Å². The Morgan fingerprint density at radius 3 is 2.71 bits per heavy atom. The molecule has 0 saturated carbocycles. The number of oxime groups is 1. The van der Waals surface area contributed by atoms with Gasteiger partial charge in [0.25, 0.3) is 0 Å². The normalized spacial score (nSPS) is 19.3. The van der Waals surface area contributed by atoms with Gasteiger partial charge in [-0.2, -0.15) is 0 Å². The van der Waals surface area contributed by atoms with E-state index in [0.29, 0.717) is 24.7 Å². The third-order valence-corrected chi connectivity index (χ3v) is 3.75. The van der Waals surface area contributed by atoms with Crippen LogP contribution < -0.4 is 0 Å². The first kappa shape index (κ1) is 15.5. The minimum Gasteiger partial charge on any atom is -0.461 e. The standard InChI is InChI=1S/C17H23NO3/c1-3-8-14(13-9-6-5-7-10-13)16-12-11-15(18-21-16)17(19)20-4-2/h5-7,9-10,14,16H,3-4,8,11-12H2,1-2H3/t14-,16+/m1/s1. The molecular weight excluding hydrogens is 266 g/mol. The first-order chi connectivity index (χ1) is 10.3. The molecular formula is C17H23NO3. The third kappa shape index (κ3) is 4.06. The molecule has 0 radical (unpaired) electrons. The van der Waals surface area contributed by atoms with E-state index in [0.717, 1.165) is 19.3 Å². The highest BCUT2D eigenvalue weighted by atomic mass is 16.6. The first-order valence-electron chi connectivity index (χ1n) is 7.71. The van der Waals surface area contributed by atoms with Gasteiger partial charge in [-0.1, -0.05) is 48.8 Å². The lowest BCUT2D eigenvalue weighted by Gasteiger charge is -2.28. The first-order valence-corrected chi connectivity index (χ1v) is 7.71. The predicted octanol–water partition coefficient (Wildman–Crippen LogP) is 3.67. The van der Waals surface area contributed by atoms with Gasteiger partial charge in [-0.15, -0.1) is 0 Å². The van der Waals surface area contributed by atoms with Crippen LogP contribution in [0.4, 0.5) is 0 Å². The van der Waals surface area contributed by atoms with E-state index in [4.69, 9.17) is 9.57 Å². The van der Waals surface area contributed by atoms with Crippen molar-refractivity contribution in [3.05, 3.63) is 35.9 Å². The van der Waals surface area contributed by atoms with E-state index < -0.39 is 0 Å². The molecule has 0 aromatic heterocycles. The lowest BCUT2D eigenvalue weighted by molar-refractivity contribution is -0.135. The number of rotatable bonds is 6. The Balaban J connectivity index is 2.06. The van der Waals surface area contributed by atoms with Crippen molar-refractivity contribution in [2.24, 2.45) is 5.16 Å². The Bertz CT molecular complexity index is 484. The van der Waals surface area contributed by atoms with Crippen LogP contribution >= 0.6 is 0 Å². The number of hydrogen-bond acceptors (Lipinski definition) is 4. The van der Waals surface area contributed by atoms with Crippen LogP contribution in [0, 0.1) is 0 Å². The molecule has 0 amide bonds. The maximum atomic E-state index is 11.6. The van der Waals surface area contributed by atoms with Crippen molar-refractivity contribution in [3.63, 3.8) is 0 Å². The molecule has 0 aliphatic carbocycles. The number of benzene rings is 1. The third-order valence-electron chi connectivity index (χ3n) is 3.75. The summed E-state index contributed by atoms with van der Waals surface area (Å²) >= 11 is 0. The number of ether oxygens (including phenoxy) is 1. The predicted molar refractivity (Wildman–Crippen MR) is 82.3 cm³/mol. The van der Waals surface area contributed by atoms with Crippen molar-refractivity contribution in [1.82, 2.24) is 0 Å². The van der Waals surface area contributed by atoms with Gasteiger partial charge in [-0.3, -0.25) is 0 Å². The Labute approximate surface area is 126 Å². The van der Waals surface area contributed by atoms with Gasteiger partial charge in [0.1, 0.15) is 6.10 Å². The van der Waals surface area contributed by atoms with Gasteiger partial charge >= 0.3 is 5.97 Å². The molecule has 1 aromatic rings. The molecule has 0 spiro atoms. The van der Waals surface area contributed by atoms with Crippen molar-refractivity contribution in [1.29, 1.82) is 0 Å². The molecule has 1 heterocycles. The lowest BCUT2D eigenvalue weighted by atomic mass is 9.86. The molecule has 114 valence electrons. The van der Waals surface area contributed by atoms with Crippen LogP contribution in [0.3, 0.4) is 0 Å². The molecule has 1 aliphatic rings. The zero-order valence-electron chi connectivity index (χ0n) is 12.7. The molecule has 21 heavy (non-hydrogen) atoms. The SMILES string of the molecule is CCC[C@H](c1ccccc1)[C@@H]1CCC(C(=O)OCC)=NO1. The van der Waals surface area contributed by atoms with E-state index in [2.05, 4.69) is 24.2 Å². The topological polar surface area (TPSA) is 47.9 Å². The zero-order valence-corrected chi connectivity index (χ0v) is 12.7. The van der Waals surface area contributed by atoms with E-state index >= 15 is 0 Å². The van der Waals surface area contributed by atoms with Gasteiger partial charge in [-0.05, 0) is 25.3 Å². The number of carbonyl (C=O) groups excluding carboxylic acids is 1. The summed E-state index contributed by atoms with van der Waals surface area (Å²) in [7, 11) is 0. The van der Waals surface area contributed by atoms with Crippen molar-refractivity contribution in [3.8, 4) is 0 Å². The number of esters is 1. The maximum absolute atomic E-state index is 11.6. The second kappa shape index (κ2) is 7.81. The summed E-state index contributed by atoms with van der Waals surface area (Å²) < 4.78 is 4.96. The van der Waals surface area contributed by atoms with Crippen LogP contribution in [-0.2, 0) is 14.4 Å². The molecule has 2 atom stereocenters. The molecule has 1 aliphatic heterocycles. The Morgan fingerprint density at radius 2 is 2.14 bits per heavy atom. The van der Waals surface area contributed by atoms with E-state index in [1.807, 2.05) is 18.2 Å². The fourth-order valence-electron chi connectivity index (χ4n) is 2.72. The second-order valence-corrected chi connectivity index (χ2v) is 5.25. The smallest absolute Gasteiger partial charge is 0.356 e. The van der Waals surface area contributed by atoms with Gasteiger partial charge in [0.05, 0.1) is 6.61 Å². The summed E-state index contributed by atoms with van der Waals surface area (Å²) in [6.07, 6.45) is 3.60. The molecule has 1 aromatic carbocycles. The van der Waals surface area contributed by atoms with Crippen LogP contribution in [0.5, 0.6) is 0 Å². The molecule has 0 bridgehead atoms. The lowest BCUT2D eigenvalue weighted by Crippen LogP contribution is -2.29. The van der Waals surface area contributed by atoms with Crippen molar-refractivity contribution in [2.45, 2.75) is 51.6 Å². The average Bonchev–Trinajstić information content (AvgIpc) is 2.54. The van der Waals surface area contributed by atoms with E-state index in [1.165, 1.54) is 5.56 Å². The largest absolute Gasteiger partial charge is 0.461 e. The molecule has 2 rings (SSSR count). The monoisotopic (exact) mass is 289 g/mol. The van der Waals surface area contributed by atoms with Gasteiger partial charge < -0.3 is 9.57 Å². The van der Waals surface area contributed by atoms with Crippen LogP contribution in [0.2, 0.25) is 0 Å². The van der Waals surface area contributed by atoms with Crippen LogP contribution in [0.1, 0.15) is 51.0 Å². The highest BCUT2D eigenvalue weighted by Gasteiger charge is 2.29. The van der Waals surface area contributed by atoms with Crippen molar-refractivity contribution < 1.29 is 14.4 Å². The Kier molecular flexibility index (Phi) is 5.78. The van der Waals surface area contributed by atoms with Crippen LogP contribution in [-0.4, -0.2) is 24.4 Å². The summed E-state index contributed by atoms with van der Waals surface area (Å²) in [5.74, 6) is -0.0357. The summed E-state index contributed by atoms with van der Waals surface area (Å²) in [5.41, 5.74) is 1.68. The van der Waals surface area contributed by atoms with E-state index in [-0.39, 0.29) is 12.1 Å². The Hall–Kier alpha value is -1.84. The van der Waals surface area contributed by atoms with Crippen LogP contribution in [0.25, 0.3) is 0 Å². The van der Waals surface area contributed by atoms with E-state index in [9.17, 15) is 4.79 Å². The van der Waals surface area contributed by atoms with Gasteiger partial charge in [-0.25, -0.2) is 4.79 Å². The number of nitrogens with zero attached hydrogens (tertiary/aromatic N) is 1. The fraction of sp³-hybridized carbons (Fsp3) is 0.529. The van der Waals surface area contributed by atoms with Crippen molar-refractivity contribution >= 4 is 11.7 Å². The summed E-state index contributed by atoms with van der Waals surface area (Å²) in [4.78, 5) is 17.3. The van der Waals surface area contributed by atoms with Gasteiger partial charge in [0.15, 0.2) is 5.71 Å².